The Morgan fingerprint density at radius 3 is 2.29 bits per heavy atom. The van der Waals surface area contributed by atoms with Crippen molar-refractivity contribution in [2.75, 3.05) is 5.43 Å². The molecule has 0 unspecified atom stereocenters. The smallest absolute Gasteiger partial charge is 0.240 e. The first-order valence-electron chi connectivity index (χ1n) is 4.72. The zero-order valence-corrected chi connectivity index (χ0v) is 8.79. The van der Waals surface area contributed by atoms with Crippen molar-refractivity contribution in [3.63, 3.8) is 0 Å². The zero-order valence-electron chi connectivity index (χ0n) is 8.79. The van der Waals surface area contributed by atoms with E-state index in [2.05, 4.69) is 10.9 Å². The van der Waals surface area contributed by atoms with Crippen LogP contribution in [-0.2, 0) is 4.79 Å². The molecule has 14 heavy (non-hydrogen) atoms. The topological polar surface area (TPSA) is 41.1 Å². The van der Waals surface area contributed by atoms with Crippen molar-refractivity contribution in [1.82, 2.24) is 5.43 Å². The average Bonchev–Trinajstić information content (AvgIpc) is 2.16. The van der Waals surface area contributed by atoms with Gasteiger partial charge in [0.25, 0.3) is 0 Å². The van der Waals surface area contributed by atoms with Crippen LogP contribution in [0.25, 0.3) is 0 Å². The highest BCUT2D eigenvalue weighted by atomic mass is 16.2. The Labute approximate surface area is 84.5 Å². The van der Waals surface area contributed by atoms with Gasteiger partial charge in [-0.3, -0.25) is 15.6 Å². The van der Waals surface area contributed by atoms with Gasteiger partial charge in [-0.1, -0.05) is 31.5 Å². The molecule has 0 fully saturated rings. The van der Waals surface area contributed by atoms with E-state index in [1.54, 1.807) is 0 Å². The van der Waals surface area contributed by atoms with Gasteiger partial charge in [0.15, 0.2) is 0 Å². The zero-order chi connectivity index (χ0) is 10.6. The predicted octanol–water partition coefficient (Wildman–Crippen LogP) is 2.09. The molecule has 0 radical (unpaired) electrons. The molecule has 0 saturated carbocycles. The van der Waals surface area contributed by atoms with E-state index in [0.29, 0.717) is 0 Å². The number of amides is 1. The molecule has 0 aliphatic rings. The number of rotatable bonds is 3. The van der Waals surface area contributed by atoms with Gasteiger partial charge in [-0.25, -0.2) is 0 Å². The summed E-state index contributed by atoms with van der Waals surface area (Å²) in [6.07, 6.45) is 0. The molecule has 1 amide bonds. The first-order valence-corrected chi connectivity index (χ1v) is 4.72. The molecule has 0 spiro atoms. The van der Waals surface area contributed by atoms with Crippen LogP contribution in [0.1, 0.15) is 19.4 Å². The predicted molar refractivity (Wildman–Crippen MR) is 57.8 cm³/mol. The third-order valence-electron chi connectivity index (χ3n) is 1.91. The minimum absolute atomic E-state index is 0.00653. The van der Waals surface area contributed by atoms with Gasteiger partial charge >= 0.3 is 0 Å². The standard InChI is InChI=1S/C11H16N2O/c1-8(2)11(14)13-12-10-6-4-9(3)5-7-10/h4-8,12H,1-3H3,(H,13,14). The molecular formula is C11H16N2O. The van der Waals surface area contributed by atoms with Crippen molar-refractivity contribution in [3.05, 3.63) is 29.8 Å². The van der Waals surface area contributed by atoms with E-state index in [-0.39, 0.29) is 11.8 Å². The van der Waals surface area contributed by atoms with Crippen LogP contribution in [0.5, 0.6) is 0 Å². The molecule has 3 heteroatoms. The van der Waals surface area contributed by atoms with E-state index in [4.69, 9.17) is 0 Å². The fourth-order valence-electron chi connectivity index (χ4n) is 0.915. The summed E-state index contributed by atoms with van der Waals surface area (Å²) in [4.78, 5) is 11.2. The number of hydrogen-bond donors (Lipinski definition) is 2. The van der Waals surface area contributed by atoms with Gasteiger partial charge in [0.1, 0.15) is 0 Å². The Hall–Kier alpha value is -1.51. The van der Waals surface area contributed by atoms with Gasteiger partial charge in [0.2, 0.25) is 5.91 Å². The van der Waals surface area contributed by atoms with Crippen molar-refractivity contribution in [2.45, 2.75) is 20.8 Å². The van der Waals surface area contributed by atoms with Gasteiger partial charge in [-0.15, -0.1) is 0 Å². The Balaban J connectivity index is 2.46. The maximum Gasteiger partial charge on any atom is 0.240 e. The number of carbonyl (C=O) groups excluding carboxylic acids is 1. The van der Waals surface area contributed by atoms with E-state index in [0.717, 1.165) is 5.69 Å². The van der Waals surface area contributed by atoms with E-state index < -0.39 is 0 Å². The second-order valence-electron chi connectivity index (χ2n) is 3.63. The Bertz CT molecular complexity index is 304. The van der Waals surface area contributed by atoms with Crippen LogP contribution in [0.15, 0.2) is 24.3 Å². The first kappa shape index (κ1) is 10.6. The second kappa shape index (κ2) is 4.65. The SMILES string of the molecule is Cc1ccc(NNC(=O)C(C)C)cc1. The molecule has 1 aromatic rings. The van der Waals surface area contributed by atoms with Crippen LogP contribution in [-0.4, -0.2) is 5.91 Å². The van der Waals surface area contributed by atoms with Gasteiger partial charge in [-0.05, 0) is 19.1 Å². The van der Waals surface area contributed by atoms with Crippen LogP contribution in [0, 0.1) is 12.8 Å². The lowest BCUT2D eigenvalue weighted by Crippen LogP contribution is -2.32. The van der Waals surface area contributed by atoms with Crippen LogP contribution < -0.4 is 10.9 Å². The molecule has 0 bridgehead atoms. The van der Waals surface area contributed by atoms with Crippen LogP contribution in [0.2, 0.25) is 0 Å². The number of nitrogens with one attached hydrogen (secondary N) is 2. The van der Waals surface area contributed by atoms with Crippen molar-refractivity contribution in [2.24, 2.45) is 5.92 Å². The van der Waals surface area contributed by atoms with Gasteiger partial charge < -0.3 is 0 Å². The summed E-state index contributed by atoms with van der Waals surface area (Å²) in [6.45, 7) is 5.73. The van der Waals surface area contributed by atoms with E-state index in [9.17, 15) is 4.79 Å². The van der Waals surface area contributed by atoms with Crippen LogP contribution in [0.3, 0.4) is 0 Å². The summed E-state index contributed by atoms with van der Waals surface area (Å²) in [5, 5.41) is 0. The molecule has 0 saturated heterocycles. The van der Waals surface area contributed by atoms with Gasteiger partial charge in [0.05, 0.1) is 5.69 Å². The first-order chi connectivity index (χ1) is 6.59. The lowest BCUT2D eigenvalue weighted by molar-refractivity contribution is -0.123. The third-order valence-corrected chi connectivity index (χ3v) is 1.91. The summed E-state index contributed by atoms with van der Waals surface area (Å²) in [7, 11) is 0. The lowest BCUT2D eigenvalue weighted by Gasteiger charge is -2.10. The van der Waals surface area contributed by atoms with Crippen molar-refractivity contribution in [1.29, 1.82) is 0 Å². The Morgan fingerprint density at radius 2 is 1.79 bits per heavy atom. The largest absolute Gasteiger partial charge is 0.299 e. The summed E-state index contributed by atoms with van der Waals surface area (Å²) in [5.41, 5.74) is 7.58. The molecule has 3 nitrogen and oxygen atoms in total. The van der Waals surface area contributed by atoms with Crippen LogP contribution in [0.4, 0.5) is 5.69 Å². The highest BCUT2D eigenvalue weighted by molar-refractivity contribution is 5.79. The molecule has 0 aliphatic heterocycles. The minimum Gasteiger partial charge on any atom is -0.299 e. The molecule has 1 aromatic carbocycles. The molecule has 0 aromatic heterocycles. The highest BCUT2D eigenvalue weighted by Crippen LogP contribution is 2.07. The fourth-order valence-corrected chi connectivity index (χ4v) is 0.915. The minimum atomic E-state index is -0.00873. The number of carbonyl (C=O) groups is 1. The second-order valence-corrected chi connectivity index (χ2v) is 3.63. The Kier molecular flexibility index (Phi) is 3.51. The monoisotopic (exact) mass is 192 g/mol. The number of aryl methyl sites for hydroxylation is 1. The van der Waals surface area contributed by atoms with Gasteiger partial charge in [-0.2, -0.15) is 0 Å². The van der Waals surface area contributed by atoms with E-state index >= 15 is 0 Å². The molecule has 76 valence electrons. The summed E-state index contributed by atoms with van der Waals surface area (Å²) in [6, 6.07) is 7.83. The third kappa shape index (κ3) is 3.09. The van der Waals surface area contributed by atoms with E-state index in [1.165, 1.54) is 5.56 Å². The van der Waals surface area contributed by atoms with Crippen molar-refractivity contribution >= 4 is 11.6 Å². The summed E-state index contributed by atoms with van der Waals surface area (Å²) in [5.74, 6) is -0.0153. The Morgan fingerprint density at radius 1 is 1.21 bits per heavy atom. The van der Waals surface area contributed by atoms with Crippen molar-refractivity contribution < 1.29 is 4.79 Å². The number of benzene rings is 1. The average molecular weight is 192 g/mol. The fraction of sp³-hybridized carbons (Fsp3) is 0.364. The molecule has 0 aliphatic carbocycles. The molecule has 0 atom stereocenters. The lowest BCUT2D eigenvalue weighted by atomic mass is 10.2. The quantitative estimate of drug-likeness (QED) is 0.720. The summed E-state index contributed by atoms with van der Waals surface area (Å²) >= 11 is 0. The van der Waals surface area contributed by atoms with Crippen LogP contribution >= 0.6 is 0 Å². The van der Waals surface area contributed by atoms with Gasteiger partial charge in [0, 0.05) is 5.92 Å². The maximum absolute atomic E-state index is 11.2. The van der Waals surface area contributed by atoms with Crippen molar-refractivity contribution in [3.8, 4) is 0 Å². The van der Waals surface area contributed by atoms with E-state index in [1.807, 2.05) is 45.0 Å². The number of hydrazine groups is 1. The highest BCUT2D eigenvalue weighted by Gasteiger charge is 2.04. The maximum atomic E-state index is 11.2. The molecule has 1 rings (SSSR count). The molecule has 2 N–H and O–H groups in total. The molecular weight excluding hydrogens is 176 g/mol. The molecule has 0 heterocycles. The summed E-state index contributed by atoms with van der Waals surface area (Å²) < 4.78 is 0. The number of anilines is 1. The number of hydrogen-bond acceptors (Lipinski definition) is 2. The normalized spacial score (nSPS) is 10.0.